The fourth-order valence-electron chi connectivity index (χ4n) is 8.32. The molecule has 5 atom stereocenters. The van der Waals surface area contributed by atoms with Gasteiger partial charge in [-0.25, -0.2) is 0 Å². The lowest BCUT2D eigenvalue weighted by atomic mass is 9.73. The summed E-state index contributed by atoms with van der Waals surface area (Å²) in [5.41, 5.74) is -0.530. The monoisotopic (exact) mass is 633 g/mol. The normalized spacial score (nSPS) is 28.4. The summed E-state index contributed by atoms with van der Waals surface area (Å²) in [5, 5.41) is 11.4. The van der Waals surface area contributed by atoms with E-state index in [2.05, 4.69) is 0 Å². The number of rotatable bonds is 10. The number of nitrogens with zero attached hydrogens (tertiary/aromatic N) is 3. The van der Waals surface area contributed by atoms with E-state index in [0.717, 1.165) is 34.9 Å². The molecule has 8 heteroatoms. The highest BCUT2D eigenvalue weighted by Crippen LogP contribution is 2.58. The number of ether oxygens (including phenoxy) is 1. The van der Waals surface area contributed by atoms with Crippen molar-refractivity contribution >= 4 is 34.2 Å². The second-order valence-corrected chi connectivity index (χ2v) is 13.3. The summed E-state index contributed by atoms with van der Waals surface area (Å²) in [6, 6.07) is 23.0. The van der Waals surface area contributed by atoms with E-state index in [9.17, 15) is 19.5 Å². The van der Waals surface area contributed by atoms with E-state index in [1.807, 2.05) is 109 Å². The summed E-state index contributed by atoms with van der Waals surface area (Å²) in [6.45, 7) is 3.69. The summed E-state index contributed by atoms with van der Waals surface area (Å²) in [7, 11) is 0. The topological polar surface area (TPSA) is 90.4 Å². The second kappa shape index (κ2) is 12.7. The van der Waals surface area contributed by atoms with Gasteiger partial charge in [0.05, 0.1) is 17.4 Å². The highest BCUT2D eigenvalue weighted by atomic mass is 16.5. The molecule has 0 aliphatic carbocycles. The Kier molecular flexibility index (Phi) is 8.49. The Morgan fingerprint density at radius 2 is 1.53 bits per heavy atom. The maximum absolute atomic E-state index is 14.9. The van der Waals surface area contributed by atoms with Crippen molar-refractivity contribution in [2.45, 2.75) is 62.8 Å². The molecule has 4 aliphatic heterocycles. The lowest BCUT2D eigenvalue weighted by Gasteiger charge is -2.38. The average Bonchev–Trinajstić information content (AvgIpc) is 3.38. The first-order valence-corrected chi connectivity index (χ1v) is 17.0. The minimum absolute atomic E-state index is 0.115. The molecule has 47 heavy (non-hydrogen) atoms. The molecule has 0 bridgehead atoms. The zero-order valence-corrected chi connectivity index (χ0v) is 27.0. The van der Waals surface area contributed by atoms with Crippen LogP contribution in [0.25, 0.3) is 10.8 Å². The van der Waals surface area contributed by atoms with Crippen molar-refractivity contribution < 1.29 is 24.2 Å². The van der Waals surface area contributed by atoms with Gasteiger partial charge in [0, 0.05) is 38.5 Å². The van der Waals surface area contributed by atoms with Gasteiger partial charge in [0.1, 0.15) is 11.6 Å². The highest BCUT2D eigenvalue weighted by molar-refractivity contribution is 6.06. The van der Waals surface area contributed by atoms with Crippen LogP contribution in [0.2, 0.25) is 0 Å². The molecular weight excluding hydrogens is 590 g/mol. The fourth-order valence-corrected chi connectivity index (χ4v) is 8.32. The SMILES string of the molecule is CC[C@@]12C=CCN(Cc3ccccc3)C(=O)[C@@H]1[C@H]1C(=O)N(CCCCCCO)C3C(=O)N(c4ccc5ccccc5c4)CC=C[C@@]31O2. The van der Waals surface area contributed by atoms with E-state index in [0.29, 0.717) is 45.4 Å². The molecule has 3 amide bonds. The van der Waals surface area contributed by atoms with Crippen molar-refractivity contribution in [3.8, 4) is 0 Å². The first-order valence-electron chi connectivity index (χ1n) is 17.0. The van der Waals surface area contributed by atoms with Gasteiger partial charge in [-0.15, -0.1) is 0 Å². The maximum Gasteiger partial charge on any atom is 0.253 e. The Hall–Kier alpha value is -4.27. The molecule has 3 aromatic carbocycles. The molecule has 0 saturated carbocycles. The van der Waals surface area contributed by atoms with Crippen molar-refractivity contribution in [2.24, 2.45) is 11.8 Å². The minimum atomic E-state index is -1.29. The number of unbranched alkanes of at least 4 members (excludes halogenated alkanes) is 3. The molecule has 0 aromatic heterocycles. The molecule has 2 saturated heterocycles. The largest absolute Gasteiger partial charge is 0.396 e. The third-order valence-electron chi connectivity index (χ3n) is 10.6. The van der Waals surface area contributed by atoms with Crippen LogP contribution in [-0.2, 0) is 25.7 Å². The number of fused-ring (bicyclic) bond motifs is 3. The Bertz CT molecular complexity index is 1720. The Balaban J connectivity index is 1.29. The lowest BCUT2D eigenvalue weighted by molar-refractivity contribution is -0.150. The summed E-state index contributed by atoms with van der Waals surface area (Å²) in [4.78, 5) is 49.6. The Morgan fingerprint density at radius 1 is 0.787 bits per heavy atom. The highest BCUT2D eigenvalue weighted by Gasteiger charge is 2.75. The fraction of sp³-hybridized carbons (Fsp3) is 0.410. The molecule has 3 aromatic rings. The van der Waals surface area contributed by atoms with E-state index >= 15 is 0 Å². The van der Waals surface area contributed by atoms with Crippen molar-refractivity contribution in [3.63, 3.8) is 0 Å². The van der Waals surface area contributed by atoms with Crippen LogP contribution in [0.5, 0.6) is 0 Å². The number of carbonyl (C=O) groups excluding carboxylic acids is 3. The van der Waals surface area contributed by atoms with Gasteiger partial charge in [-0.2, -0.15) is 0 Å². The third kappa shape index (κ3) is 5.28. The number of aliphatic hydroxyl groups is 1. The zero-order valence-electron chi connectivity index (χ0n) is 27.0. The van der Waals surface area contributed by atoms with Gasteiger partial charge >= 0.3 is 0 Å². The number of anilines is 1. The molecule has 244 valence electrons. The van der Waals surface area contributed by atoms with E-state index in [1.165, 1.54) is 0 Å². The molecule has 1 spiro atoms. The van der Waals surface area contributed by atoms with Crippen LogP contribution in [-0.4, -0.2) is 76.1 Å². The number of amides is 3. The van der Waals surface area contributed by atoms with Gasteiger partial charge in [0.25, 0.3) is 5.91 Å². The van der Waals surface area contributed by atoms with E-state index in [1.54, 1.807) is 9.80 Å². The summed E-state index contributed by atoms with van der Waals surface area (Å²) in [6.07, 6.45) is 11.4. The number of hydrogen-bond donors (Lipinski definition) is 1. The van der Waals surface area contributed by atoms with Crippen molar-refractivity contribution in [1.82, 2.24) is 9.80 Å². The van der Waals surface area contributed by atoms with E-state index in [4.69, 9.17) is 4.74 Å². The van der Waals surface area contributed by atoms with Crippen LogP contribution < -0.4 is 4.90 Å². The third-order valence-corrected chi connectivity index (χ3v) is 10.6. The van der Waals surface area contributed by atoms with Crippen LogP contribution in [0.4, 0.5) is 5.69 Å². The number of likely N-dealkylation sites (tertiary alicyclic amines) is 1. The summed E-state index contributed by atoms with van der Waals surface area (Å²) >= 11 is 0. The molecule has 0 radical (unpaired) electrons. The maximum atomic E-state index is 14.9. The first kappa shape index (κ1) is 31.3. The number of benzene rings is 3. The van der Waals surface area contributed by atoms with Crippen LogP contribution in [0, 0.1) is 11.8 Å². The quantitative estimate of drug-likeness (QED) is 0.243. The summed E-state index contributed by atoms with van der Waals surface area (Å²) < 4.78 is 7.15. The second-order valence-electron chi connectivity index (χ2n) is 13.3. The van der Waals surface area contributed by atoms with Gasteiger partial charge in [-0.05, 0) is 47.7 Å². The van der Waals surface area contributed by atoms with Crippen LogP contribution in [0.15, 0.2) is 97.1 Å². The van der Waals surface area contributed by atoms with E-state index < -0.39 is 29.1 Å². The molecule has 8 nitrogen and oxygen atoms in total. The molecule has 4 heterocycles. The molecule has 4 aliphatic rings. The van der Waals surface area contributed by atoms with Gasteiger partial charge in [-0.3, -0.25) is 14.4 Å². The molecular formula is C39H43N3O5. The predicted octanol–water partition coefficient (Wildman–Crippen LogP) is 5.25. The lowest BCUT2D eigenvalue weighted by Crippen LogP contribution is -2.56. The van der Waals surface area contributed by atoms with Gasteiger partial charge in [-0.1, -0.05) is 105 Å². The minimum Gasteiger partial charge on any atom is -0.396 e. The molecule has 2 fully saturated rings. The van der Waals surface area contributed by atoms with Crippen molar-refractivity contribution in [3.05, 3.63) is 103 Å². The Morgan fingerprint density at radius 3 is 2.32 bits per heavy atom. The van der Waals surface area contributed by atoms with Gasteiger partial charge in [0.2, 0.25) is 11.8 Å². The molecule has 1 unspecified atom stereocenters. The van der Waals surface area contributed by atoms with Gasteiger partial charge < -0.3 is 24.5 Å². The average molecular weight is 634 g/mol. The van der Waals surface area contributed by atoms with Gasteiger partial charge in [0.15, 0.2) is 0 Å². The van der Waals surface area contributed by atoms with Crippen molar-refractivity contribution in [1.29, 1.82) is 0 Å². The summed E-state index contributed by atoms with van der Waals surface area (Å²) in [5.74, 6) is -2.11. The number of carbonyl (C=O) groups is 3. The molecule has 1 N–H and O–H groups in total. The smallest absolute Gasteiger partial charge is 0.253 e. The van der Waals surface area contributed by atoms with Crippen LogP contribution >= 0.6 is 0 Å². The molecule has 7 rings (SSSR count). The van der Waals surface area contributed by atoms with Crippen LogP contribution in [0.1, 0.15) is 44.6 Å². The van der Waals surface area contributed by atoms with E-state index in [-0.39, 0.29) is 24.3 Å². The first-order chi connectivity index (χ1) is 22.9. The van der Waals surface area contributed by atoms with Crippen LogP contribution in [0.3, 0.4) is 0 Å². The standard InChI is InChI=1S/C39H43N3O5/c1-2-38-20-12-22-40(27-28-14-6-5-7-15-28)35(44)32(38)33-36(45)42(23-10-3-4-11-25-43)34-37(46)41(24-13-21-39(33,34)47-38)31-19-18-29-16-8-9-17-30(29)26-31/h5-9,12-21,26,32-34,43H,2-4,10-11,22-25,27H2,1H3/t32-,33-,34?,38+,39-/m0/s1. The zero-order chi connectivity index (χ0) is 32.6. The number of aliphatic hydroxyl groups excluding tert-OH is 1. The van der Waals surface area contributed by atoms with Crippen molar-refractivity contribution in [2.75, 3.05) is 31.1 Å². The number of hydrogen-bond acceptors (Lipinski definition) is 5. The Labute approximate surface area is 276 Å². The predicted molar refractivity (Wildman–Crippen MR) is 181 cm³/mol.